The molecule has 1 aliphatic carbocycles. The third kappa shape index (κ3) is 2.61. The van der Waals surface area contributed by atoms with E-state index in [1.54, 1.807) is 6.20 Å². The fourth-order valence-corrected chi connectivity index (χ4v) is 2.44. The van der Waals surface area contributed by atoms with E-state index in [9.17, 15) is 0 Å². The Bertz CT molecular complexity index is 515. The number of pyridine rings is 1. The normalized spacial score (nSPS) is 23.9. The van der Waals surface area contributed by atoms with E-state index in [0.29, 0.717) is 12.0 Å². The summed E-state index contributed by atoms with van der Waals surface area (Å²) in [6.07, 6.45) is 4.34. The van der Waals surface area contributed by atoms with Crippen molar-refractivity contribution in [2.45, 2.75) is 57.8 Å². The number of halogens is 1. The number of hydrogen-bond acceptors (Lipinski definition) is 4. The molecule has 1 aromatic rings. The summed E-state index contributed by atoms with van der Waals surface area (Å²) in [7, 11) is -0.390. The van der Waals surface area contributed by atoms with E-state index in [2.05, 4.69) is 20.9 Å². The fourth-order valence-electron chi connectivity index (χ4n) is 1.98. The second-order valence-corrected chi connectivity index (χ2v) is 7.32. The van der Waals surface area contributed by atoms with Crippen LogP contribution in [0.25, 0.3) is 0 Å². The molecule has 2 aliphatic rings. The highest BCUT2D eigenvalue weighted by atomic mass is 79.9. The number of hydrogen-bond donors (Lipinski definition) is 0. The molecular weight excluding hydrogens is 321 g/mol. The van der Waals surface area contributed by atoms with Gasteiger partial charge >= 0.3 is 7.12 Å². The Balaban J connectivity index is 1.79. The summed E-state index contributed by atoms with van der Waals surface area (Å²) in [4.78, 5) is 4.37. The van der Waals surface area contributed by atoms with Crippen LogP contribution < -0.4 is 10.2 Å². The van der Waals surface area contributed by atoms with Gasteiger partial charge in [-0.2, -0.15) is 0 Å². The summed E-state index contributed by atoms with van der Waals surface area (Å²) in [6, 6.07) is 1.97. The average Bonchev–Trinajstić information content (AvgIpc) is 3.10. The molecule has 4 nitrogen and oxygen atoms in total. The molecule has 1 saturated heterocycles. The summed E-state index contributed by atoms with van der Waals surface area (Å²) in [5.41, 5.74) is 0.222. The van der Waals surface area contributed by atoms with Crippen LogP contribution in [0.3, 0.4) is 0 Å². The van der Waals surface area contributed by atoms with Crippen LogP contribution in [0.2, 0.25) is 0 Å². The third-order valence-corrected chi connectivity index (χ3v) is 4.72. The Labute approximate surface area is 128 Å². The number of rotatable bonds is 3. The number of aromatic nitrogens is 1. The molecule has 0 amide bonds. The van der Waals surface area contributed by atoms with Crippen molar-refractivity contribution < 1.29 is 14.0 Å². The lowest BCUT2D eigenvalue weighted by Gasteiger charge is -2.32. The molecule has 1 aliphatic heterocycles. The molecule has 3 rings (SSSR count). The predicted molar refractivity (Wildman–Crippen MR) is 81.3 cm³/mol. The third-order valence-electron chi connectivity index (χ3n) is 4.16. The molecule has 1 saturated carbocycles. The first-order valence-corrected chi connectivity index (χ1v) is 7.75. The van der Waals surface area contributed by atoms with Crippen LogP contribution in [0, 0.1) is 0 Å². The molecule has 6 heteroatoms. The van der Waals surface area contributed by atoms with E-state index >= 15 is 0 Å². The molecule has 0 atom stereocenters. The largest absolute Gasteiger partial charge is 0.496 e. The monoisotopic (exact) mass is 339 g/mol. The van der Waals surface area contributed by atoms with Crippen molar-refractivity contribution in [1.82, 2.24) is 4.98 Å². The molecule has 0 bridgehead atoms. The Morgan fingerprint density at radius 3 is 2.35 bits per heavy atom. The second-order valence-electron chi connectivity index (χ2n) is 6.46. The predicted octanol–water partition coefficient (Wildman–Crippen LogP) is 2.68. The van der Waals surface area contributed by atoms with Gasteiger partial charge in [0.15, 0.2) is 0 Å². The van der Waals surface area contributed by atoms with Crippen molar-refractivity contribution in [3.8, 4) is 5.88 Å². The lowest BCUT2D eigenvalue weighted by Crippen LogP contribution is -2.41. The zero-order valence-corrected chi connectivity index (χ0v) is 13.9. The van der Waals surface area contributed by atoms with E-state index in [1.165, 1.54) is 0 Å². The minimum atomic E-state index is -0.390. The van der Waals surface area contributed by atoms with Crippen LogP contribution in [0.5, 0.6) is 5.88 Å². The zero-order valence-electron chi connectivity index (χ0n) is 12.3. The average molecular weight is 340 g/mol. The quantitative estimate of drug-likeness (QED) is 0.794. The lowest BCUT2D eigenvalue weighted by atomic mass is 9.80. The van der Waals surface area contributed by atoms with Crippen LogP contribution in [0.1, 0.15) is 40.5 Å². The molecule has 20 heavy (non-hydrogen) atoms. The lowest BCUT2D eigenvalue weighted by molar-refractivity contribution is 0.00578. The maximum Gasteiger partial charge on any atom is 0.496 e. The van der Waals surface area contributed by atoms with Crippen LogP contribution >= 0.6 is 15.9 Å². The Kier molecular flexibility index (Phi) is 3.38. The summed E-state index contributed by atoms with van der Waals surface area (Å²) < 4.78 is 18.6. The Morgan fingerprint density at radius 1 is 1.25 bits per heavy atom. The van der Waals surface area contributed by atoms with Gasteiger partial charge in [0.2, 0.25) is 5.88 Å². The van der Waals surface area contributed by atoms with Crippen LogP contribution in [0.15, 0.2) is 16.7 Å². The van der Waals surface area contributed by atoms with E-state index in [1.807, 2.05) is 33.8 Å². The first-order valence-electron chi connectivity index (χ1n) is 6.96. The van der Waals surface area contributed by atoms with Gasteiger partial charge in [0.05, 0.1) is 15.7 Å². The van der Waals surface area contributed by atoms with Crippen molar-refractivity contribution in [3.63, 3.8) is 0 Å². The standard InChI is InChI=1S/C14H19BBrNO3/c1-13(2)14(3,4)20-15(19-13)9-7-11(16)12(17-8-9)18-10-5-6-10/h7-8,10H,5-6H2,1-4H3. The van der Waals surface area contributed by atoms with Gasteiger partial charge < -0.3 is 14.0 Å². The van der Waals surface area contributed by atoms with E-state index in [0.717, 1.165) is 22.8 Å². The molecule has 0 spiro atoms. The van der Waals surface area contributed by atoms with Gasteiger partial charge in [-0.05, 0) is 62.5 Å². The minimum Gasteiger partial charge on any atom is -0.474 e. The number of ether oxygens (including phenoxy) is 1. The Morgan fingerprint density at radius 2 is 1.85 bits per heavy atom. The van der Waals surface area contributed by atoms with Gasteiger partial charge in [0, 0.05) is 11.7 Å². The summed E-state index contributed by atoms with van der Waals surface area (Å²) in [6.45, 7) is 8.17. The van der Waals surface area contributed by atoms with Gasteiger partial charge in [0.1, 0.15) is 6.10 Å². The van der Waals surface area contributed by atoms with Crippen LogP contribution in [0.4, 0.5) is 0 Å². The second kappa shape index (κ2) is 4.72. The molecule has 2 fully saturated rings. The zero-order chi connectivity index (χ0) is 14.5. The first-order chi connectivity index (χ1) is 9.28. The van der Waals surface area contributed by atoms with E-state index in [4.69, 9.17) is 14.0 Å². The highest BCUT2D eigenvalue weighted by Gasteiger charge is 2.51. The van der Waals surface area contributed by atoms with Gasteiger partial charge in [-0.1, -0.05) is 0 Å². The van der Waals surface area contributed by atoms with E-state index in [-0.39, 0.29) is 11.2 Å². The smallest absolute Gasteiger partial charge is 0.474 e. The molecule has 2 heterocycles. The fraction of sp³-hybridized carbons (Fsp3) is 0.643. The van der Waals surface area contributed by atoms with E-state index < -0.39 is 7.12 Å². The van der Waals surface area contributed by atoms with Crippen molar-refractivity contribution in [1.29, 1.82) is 0 Å². The first kappa shape index (κ1) is 14.4. The SMILES string of the molecule is CC1(C)OB(c2cnc(OC3CC3)c(Br)c2)OC1(C)C. The van der Waals surface area contributed by atoms with Crippen LogP contribution in [-0.2, 0) is 9.31 Å². The topological polar surface area (TPSA) is 40.6 Å². The van der Waals surface area contributed by atoms with Crippen molar-refractivity contribution in [2.24, 2.45) is 0 Å². The molecule has 0 aromatic carbocycles. The maximum atomic E-state index is 6.01. The van der Waals surface area contributed by atoms with Crippen molar-refractivity contribution in [3.05, 3.63) is 16.7 Å². The van der Waals surface area contributed by atoms with Gasteiger partial charge in [0.25, 0.3) is 0 Å². The Hall–Kier alpha value is -0.585. The number of nitrogens with zero attached hydrogens (tertiary/aromatic N) is 1. The maximum absolute atomic E-state index is 6.01. The highest BCUT2D eigenvalue weighted by molar-refractivity contribution is 9.10. The minimum absolute atomic E-state index is 0.335. The molecular formula is C14H19BBrNO3. The van der Waals surface area contributed by atoms with Crippen molar-refractivity contribution >= 4 is 28.5 Å². The molecule has 1 aromatic heterocycles. The summed E-state index contributed by atoms with van der Waals surface area (Å²) >= 11 is 3.51. The van der Waals surface area contributed by atoms with Gasteiger partial charge in [-0.25, -0.2) is 4.98 Å². The molecule has 108 valence electrons. The molecule has 0 N–H and O–H groups in total. The highest BCUT2D eigenvalue weighted by Crippen LogP contribution is 2.37. The van der Waals surface area contributed by atoms with Crippen LogP contribution in [-0.4, -0.2) is 29.4 Å². The summed E-state index contributed by atoms with van der Waals surface area (Å²) in [5.74, 6) is 0.646. The van der Waals surface area contributed by atoms with Gasteiger partial charge in [-0.15, -0.1) is 0 Å². The molecule has 0 radical (unpaired) electrons. The summed E-state index contributed by atoms with van der Waals surface area (Å²) in [5, 5.41) is 0. The van der Waals surface area contributed by atoms with Gasteiger partial charge in [-0.3, -0.25) is 0 Å². The van der Waals surface area contributed by atoms with Crippen molar-refractivity contribution in [2.75, 3.05) is 0 Å². The molecule has 0 unspecified atom stereocenters.